The molecule has 0 aromatic heterocycles. The molecule has 3 aliphatic rings. The lowest BCUT2D eigenvalue weighted by Crippen LogP contribution is -2.56. The SMILES string of the molecule is C=C1C2CN2CC2CNCCN12. The van der Waals surface area contributed by atoms with Crippen molar-refractivity contribution in [3.8, 4) is 0 Å². The van der Waals surface area contributed by atoms with Crippen molar-refractivity contribution in [1.82, 2.24) is 15.1 Å². The molecule has 66 valence electrons. The molecule has 0 aliphatic carbocycles. The van der Waals surface area contributed by atoms with E-state index < -0.39 is 0 Å². The fourth-order valence-electron chi connectivity index (χ4n) is 2.46. The third-order valence-corrected chi connectivity index (χ3v) is 3.26. The predicted molar refractivity (Wildman–Crippen MR) is 47.9 cm³/mol. The van der Waals surface area contributed by atoms with Crippen molar-refractivity contribution in [2.24, 2.45) is 0 Å². The van der Waals surface area contributed by atoms with Crippen LogP contribution in [0, 0.1) is 0 Å². The number of piperazine rings is 2. The van der Waals surface area contributed by atoms with Gasteiger partial charge in [-0.05, 0) is 0 Å². The van der Waals surface area contributed by atoms with Crippen molar-refractivity contribution in [2.45, 2.75) is 12.1 Å². The summed E-state index contributed by atoms with van der Waals surface area (Å²) in [6.07, 6.45) is 0. The molecule has 0 aromatic carbocycles. The first-order valence-electron chi connectivity index (χ1n) is 4.76. The molecule has 0 saturated carbocycles. The summed E-state index contributed by atoms with van der Waals surface area (Å²) in [5.74, 6) is 0. The van der Waals surface area contributed by atoms with Crippen LogP contribution in [-0.4, -0.2) is 54.6 Å². The Hall–Kier alpha value is -0.540. The molecule has 3 heteroatoms. The minimum absolute atomic E-state index is 0.699. The highest BCUT2D eigenvalue weighted by atomic mass is 15.4. The summed E-state index contributed by atoms with van der Waals surface area (Å²) >= 11 is 0. The fourth-order valence-corrected chi connectivity index (χ4v) is 2.46. The zero-order chi connectivity index (χ0) is 8.13. The third kappa shape index (κ3) is 0.836. The van der Waals surface area contributed by atoms with E-state index in [0.29, 0.717) is 12.1 Å². The minimum Gasteiger partial charge on any atom is -0.367 e. The summed E-state index contributed by atoms with van der Waals surface area (Å²) in [5.41, 5.74) is 1.37. The molecule has 3 rings (SSSR count). The number of rotatable bonds is 0. The van der Waals surface area contributed by atoms with Gasteiger partial charge in [-0.15, -0.1) is 0 Å². The first-order chi connectivity index (χ1) is 5.86. The summed E-state index contributed by atoms with van der Waals surface area (Å²) in [4.78, 5) is 5.02. The largest absolute Gasteiger partial charge is 0.367 e. The van der Waals surface area contributed by atoms with Crippen LogP contribution in [-0.2, 0) is 0 Å². The molecule has 3 heterocycles. The zero-order valence-electron chi connectivity index (χ0n) is 7.29. The molecule has 3 saturated heterocycles. The monoisotopic (exact) mass is 165 g/mol. The van der Waals surface area contributed by atoms with Gasteiger partial charge in [0, 0.05) is 38.4 Å². The zero-order valence-corrected chi connectivity index (χ0v) is 7.29. The lowest BCUT2D eigenvalue weighted by molar-refractivity contribution is 0.153. The van der Waals surface area contributed by atoms with Gasteiger partial charge in [0.1, 0.15) is 0 Å². The smallest absolute Gasteiger partial charge is 0.0621 e. The van der Waals surface area contributed by atoms with Gasteiger partial charge >= 0.3 is 0 Å². The second kappa shape index (κ2) is 2.24. The highest BCUT2D eigenvalue weighted by Crippen LogP contribution is 2.33. The molecule has 3 nitrogen and oxygen atoms in total. The van der Waals surface area contributed by atoms with E-state index in [1.165, 1.54) is 18.8 Å². The Kier molecular flexibility index (Phi) is 1.29. The Morgan fingerprint density at radius 3 is 3.25 bits per heavy atom. The molecule has 3 aliphatic heterocycles. The van der Waals surface area contributed by atoms with E-state index in [1.54, 1.807) is 0 Å². The van der Waals surface area contributed by atoms with Crippen LogP contribution in [0.2, 0.25) is 0 Å². The maximum absolute atomic E-state index is 4.18. The number of hydrogen-bond acceptors (Lipinski definition) is 3. The third-order valence-electron chi connectivity index (χ3n) is 3.26. The molecule has 0 bridgehead atoms. The molecule has 0 spiro atoms. The Bertz CT molecular complexity index is 226. The predicted octanol–water partition coefficient (Wildman–Crippen LogP) is -0.528. The molecule has 3 fully saturated rings. The first-order valence-corrected chi connectivity index (χ1v) is 4.76. The van der Waals surface area contributed by atoms with Crippen LogP contribution in [0.1, 0.15) is 0 Å². The quantitative estimate of drug-likeness (QED) is 0.487. The van der Waals surface area contributed by atoms with E-state index in [9.17, 15) is 0 Å². The molecule has 0 radical (unpaired) electrons. The lowest BCUT2D eigenvalue weighted by atomic mass is 10.1. The Labute approximate surface area is 73.0 Å². The van der Waals surface area contributed by atoms with Crippen LogP contribution < -0.4 is 5.32 Å². The van der Waals surface area contributed by atoms with Gasteiger partial charge < -0.3 is 10.2 Å². The van der Waals surface area contributed by atoms with Gasteiger partial charge in [-0.25, -0.2) is 0 Å². The molecular formula is C9H15N3. The van der Waals surface area contributed by atoms with Gasteiger partial charge in [0.25, 0.3) is 0 Å². The van der Waals surface area contributed by atoms with Gasteiger partial charge in [-0.2, -0.15) is 0 Å². The standard InChI is InChI=1S/C9H15N3/c1-7-9-6-11(9)5-8-4-10-2-3-12(7)8/h8-10H,1-6H2. The van der Waals surface area contributed by atoms with Gasteiger partial charge in [-0.3, -0.25) is 4.90 Å². The summed E-state index contributed by atoms with van der Waals surface area (Å²) in [6, 6.07) is 1.41. The van der Waals surface area contributed by atoms with Crippen molar-refractivity contribution in [1.29, 1.82) is 0 Å². The Morgan fingerprint density at radius 1 is 1.42 bits per heavy atom. The van der Waals surface area contributed by atoms with Gasteiger partial charge in [0.2, 0.25) is 0 Å². The highest BCUT2D eigenvalue weighted by Gasteiger charge is 2.46. The van der Waals surface area contributed by atoms with Crippen LogP contribution in [0.4, 0.5) is 0 Å². The lowest BCUT2D eigenvalue weighted by Gasteiger charge is -2.42. The van der Waals surface area contributed by atoms with Crippen molar-refractivity contribution in [3.63, 3.8) is 0 Å². The van der Waals surface area contributed by atoms with E-state index >= 15 is 0 Å². The van der Waals surface area contributed by atoms with Crippen molar-refractivity contribution >= 4 is 0 Å². The molecular weight excluding hydrogens is 150 g/mol. The second-order valence-corrected chi connectivity index (χ2v) is 4.01. The van der Waals surface area contributed by atoms with Crippen molar-refractivity contribution in [2.75, 3.05) is 32.7 Å². The molecule has 3 unspecified atom stereocenters. The van der Waals surface area contributed by atoms with Crippen LogP contribution >= 0.6 is 0 Å². The number of fused-ring (bicyclic) bond motifs is 2. The first kappa shape index (κ1) is 6.92. The molecule has 3 atom stereocenters. The topological polar surface area (TPSA) is 18.3 Å². The van der Waals surface area contributed by atoms with E-state index in [-0.39, 0.29) is 0 Å². The van der Waals surface area contributed by atoms with Crippen molar-refractivity contribution < 1.29 is 0 Å². The number of hydrogen-bond donors (Lipinski definition) is 1. The van der Waals surface area contributed by atoms with E-state index in [0.717, 1.165) is 19.6 Å². The van der Waals surface area contributed by atoms with Gasteiger partial charge in [0.15, 0.2) is 0 Å². The Balaban J connectivity index is 1.83. The molecule has 1 N–H and O–H groups in total. The maximum Gasteiger partial charge on any atom is 0.0621 e. The highest BCUT2D eigenvalue weighted by molar-refractivity contribution is 5.21. The van der Waals surface area contributed by atoms with Crippen LogP contribution in [0.25, 0.3) is 0 Å². The average Bonchev–Trinajstić information content (AvgIpc) is 2.84. The van der Waals surface area contributed by atoms with E-state index in [2.05, 4.69) is 21.7 Å². The van der Waals surface area contributed by atoms with Crippen LogP contribution in [0.15, 0.2) is 12.3 Å². The summed E-state index contributed by atoms with van der Waals surface area (Å²) < 4.78 is 0. The van der Waals surface area contributed by atoms with E-state index in [1.807, 2.05) is 0 Å². The average molecular weight is 165 g/mol. The number of nitrogens with zero attached hydrogens (tertiary/aromatic N) is 2. The van der Waals surface area contributed by atoms with Gasteiger partial charge in [-0.1, -0.05) is 6.58 Å². The second-order valence-electron chi connectivity index (χ2n) is 4.01. The number of nitrogens with one attached hydrogen (secondary N) is 1. The Morgan fingerprint density at radius 2 is 2.33 bits per heavy atom. The van der Waals surface area contributed by atoms with Crippen LogP contribution in [0.5, 0.6) is 0 Å². The summed E-state index contributed by atoms with van der Waals surface area (Å²) in [7, 11) is 0. The van der Waals surface area contributed by atoms with Crippen molar-refractivity contribution in [3.05, 3.63) is 12.3 Å². The van der Waals surface area contributed by atoms with E-state index in [4.69, 9.17) is 0 Å². The molecule has 0 aromatic rings. The van der Waals surface area contributed by atoms with Gasteiger partial charge in [0.05, 0.1) is 12.1 Å². The minimum atomic E-state index is 0.699. The normalized spacial score (nSPS) is 45.2. The molecule has 12 heavy (non-hydrogen) atoms. The summed E-state index contributed by atoms with van der Waals surface area (Å²) in [6.45, 7) is 10.1. The fraction of sp³-hybridized carbons (Fsp3) is 0.778. The summed E-state index contributed by atoms with van der Waals surface area (Å²) in [5, 5.41) is 3.43. The molecule has 0 amide bonds. The maximum atomic E-state index is 4.18. The van der Waals surface area contributed by atoms with Crippen LogP contribution in [0.3, 0.4) is 0 Å².